The lowest BCUT2D eigenvalue weighted by molar-refractivity contribution is 0.0944. The molecule has 3 rings (SSSR count). The van der Waals surface area contributed by atoms with Gasteiger partial charge in [-0.2, -0.15) is 0 Å². The van der Waals surface area contributed by atoms with Crippen LogP contribution in [-0.2, 0) is 13.0 Å². The van der Waals surface area contributed by atoms with Crippen molar-refractivity contribution in [2.24, 2.45) is 0 Å². The van der Waals surface area contributed by atoms with E-state index < -0.39 is 0 Å². The van der Waals surface area contributed by atoms with Crippen molar-refractivity contribution >= 4 is 11.6 Å². The number of nitrogens with one attached hydrogen (secondary N) is 1. The highest BCUT2D eigenvalue weighted by atomic mass is 16.5. The Bertz CT molecular complexity index is 866. The van der Waals surface area contributed by atoms with Crippen LogP contribution in [-0.4, -0.2) is 22.4 Å². The van der Waals surface area contributed by atoms with Crippen LogP contribution in [0.4, 0.5) is 0 Å². The minimum Gasteiger partial charge on any atom is -0.497 e. The van der Waals surface area contributed by atoms with Gasteiger partial charge in [-0.25, -0.2) is 4.98 Å². The van der Waals surface area contributed by atoms with Gasteiger partial charge >= 0.3 is 0 Å². The molecule has 0 fully saturated rings. The Morgan fingerprint density at radius 2 is 2.00 bits per heavy atom. The number of aromatic nitrogens is 2. The van der Waals surface area contributed by atoms with Crippen molar-refractivity contribution in [3.05, 3.63) is 65.1 Å². The predicted octanol–water partition coefficient (Wildman–Crippen LogP) is 3.14. The number of fused-ring (bicyclic) bond motifs is 1. The number of carbonyl (C=O) groups excluding carboxylic acids is 1. The van der Waals surface area contributed by atoms with Gasteiger partial charge in [0.1, 0.15) is 17.1 Å². The van der Waals surface area contributed by atoms with Crippen molar-refractivity contribution in [2.75, 3.05) is 7.11 Å². The summed E-state index contributed by atoms with van der Waals surface area (Å²) in [5, 5.41) is 2.98. The first-order chi connectivity index (χ1) is 11.6. The van der Waals surface area contributed by atoms with Crippen LogP contribution in [0.5, 0.6) is 5.75 Å². The predicted molar refractivity (Wildman–Crippen MR) is 93.5 cm³/mol. The van der Waals surface area contributed by atoms with Crippen LogP contribution in [0.3, 0.4) is 0 Å². The molecule has 0 radical (unpaired) electrons. The van der Waals surface area contributed by atoms with E-state index in [0.29, 0.717) is 18.7 Å². The largest absolute Gasteiger partial charge is 0.497 e. The van der Waals surface area contributed by atoms with Gasteiger partial charge in [0, 0.05) is 12.7 Å². The molecule has 1 aromatic carbocycles. The Hall–Kier alpha value is -2.82. The van der Waals surface area contributed by atoms with E-state index in [0.717, 1.165) is 28.2 Å². The highest BCUT2D eigenvalue weighted by Crippen LogP contribution is 2.16. The highest BCUT2D eigenvalue weighted by Gasteiger charge is 2.17. The molecule has 5 heteroatoms. The number of hydrogen-bond acceptors (Lipinski definition) is 3. The topological polar surface area (TPSA) is 55.6 Å². The summed E-state index contributed by atoms with van der Waals surface area (Å²) in [6.07, 6.45) is 2.62. The van der Waals surface area contributed by atoms with Crippen molar-refractivity contribution in [3.63, 3.8) is 0 Å². The zero-order chi connectivity index (χ0) is 17.1. The Morgan fingerprint density at radius 3 is 2.67 bits per heavy atom. The molecule has 0 aliphatic heterocycles. The number of imidazole rings is 1. The summed E-state index contributed by atoms with van der Waals surface area (Å²) in [6, 6.07) is 11.6. The molecule has 1 N–H and O–H groups in total. The Morgan fingerprint density at radius 1 is 1.25 bits per heavy atom. The summed E-state index contributed by atoms with van der Waals surface area (Å²) < 4.78 is 7.00. The maximum Gasteiger partial charge on any atom is 0.270 e. The van der Waals surface area contributed by atoms with E-state index in [1.54, 1.807) is 7.11 Å². The smallest absolute Gasteiger partial charge is 0.270 e. The van der Waals surface area contributed by atoms with Crippen LogP contribution in [0.15, 0.2) is 42.6 Å². The third-order valence-electron chi connectivity index (χ3n) is 4.02. The second kappa shape index (κ2) is 6.74. The standard InChI is InChI=1S/C19H21N3O2/c1-4-16-18(22-10-9-13(2)11-17(22)21-16)19(23)20-12-14-5-7-15(24-3)8-6-14/h5-11H,4,12H2,1-3H3,(H,20,23). The first kappa shape index (κ1) is 16.1. The molecule has 24 heavy (non-hydrogen) atoms. The van der Waals surface area contributed by atoms with Gasteiger partial charge in [-0.15, -0.1) is 0 Å². The molecule has 124 valence electrons. The third-order valence-corrected chi connectivity index (χ3v) is 4.02. The number of hydrogen-bond donors (Lipinski definition) is 1. The summed E-state index contributed by atoms with van der Waals surface area (Å²) in [6.45, 7) is 4.49. The minimum absolute atomic E-state index is 0.112. The molecule has 0 aliphatic rings. The number of amides is 1. The lowest BCUT2D eigenvalue weighted by Crippen LogP contribution is -2.25. The van der Waals surface area contributed by atoms with E-state index in [4.69, 9.17) is 4.74 Å². The van der Waals surface area contributed by atoms with E-state index in [2.05, 4.69) is 10.3 Å². The normalized spacial score (nSPS) is 10.8. The molecule has 0 spiro atoms. The average Bonchev–Trinajstić information content (AvgIpc) is 2.97. The molecular weight excluding hydrogens is 302 g/mol. The fourth-order valence-corrected chi connectivity index (χ4v) is 2.69. The van der Waals surface area contributed by atoms with Crippen molar-refractivity contribution in [1.29, 1.82) is 0 Å². The summed E-state index contributed by atoms with van der Waals surface area (Å²) in [7, 11) is 1.63. The maximum absolute atomic E-state index is 12.7. The van der Waals surface area contributed by atoms with Gasteiger partial charge in [0.15, 0.2) is 0 Å². The van der Waals surface area contributed by atoms with Crippen molar-refractivity contribution in [1.82, 2.24) is 14.7 Å². The van der Waals surface area contributed by atoms with E-state index >= 15 is 0 Å². The molecule has 2 heterocycles. The lowest BCUT2D eigenvalue weighted by Gasteiger charge is -2.08. The maximum atomic E-state index is 12.7. The Balaban J connectivity index is 1.82. The molecule has 2 aromatic heterocycles. The molecule has 3 aromatic rings. The quantitative estimate of drug-likeness (QED) is 0.785. The number of pyridine rings is 1. The fraction of sp³-hybridized carbons (Fsp3) is 0.263. The van der Waals surface area contributed by atoms with E-state index in [1.807, 2.05) is 60.8 Å². The number of methoxy groups -OCH3 is 1. The zero-order valence-electron chi connectivity index (χ0n) is 14.2. The Labute approximate surface area is 141 Å². The second-order valence-corrected chi connectivity index (χ2v) is 5.72. The van der Waals surface area contributed by atoms with Gasteiger partial charge < -0.3 is 10.1 Å². The monoisotopic (exact) mass is 323 g/mol. The Kier molecular flexibility index (Phi) is 4.51. The number of benzene rings is 1. The van der Waals surface area contributed by atoms with E-state index in [1.165, 1.54) is 0 Å². The van der Waals surface area contributed by atoms with Crippen LogP contribution in [0, 0.1) is 6.92 Å². The molecule has 0 saturated heterocycles. The van der Waals surface area contributed by atoms with Crippen LogP contribution < -0.4 is 10.1 Å². The second-order valence-electron chi connectivity index (χ2n) is 5.72. The molecule has 5 nitrogen and oxygen atoms in total. The molecule has 0 saturated carbocycles. The third kappa shape index (κ3) is 3.11. The molecule has 0 atom stereocenters. The molecule has 1 amide bonds. The van der Waals surface area contributed by atoms with Crippen molar-refractivity contribution in [3.8, 4) is 5.75 Å². The minimum atomic E-state index is -0.112. The van der Waals surface area contributed by atoms with Gasteiger partial charge in [-0.05, 0) is 48.7 Å². The number of ether oxygens (including phenoxy) is 1. The first-order valence-electron chi connectivity index (χ1n) is 8.01. The first-order valence-corrected chi connectivity index (χ1v) is 8.01. The summed E-state index contributed by atoms with van der Waals surface area (Å²) >= 11 is 0. The number of carbonyl (C=O) groups is 1. The van der Waals surface area contributed by atoms with Crippen LogP contribution in [0.2, 0.25) is 0 Å². The zero-order valence-corrected chi connectivity index (χ0v) is 14.2. The summed E-state index contributed by atoms with van der Waals surface area (Å²) in [5.41, 5.74) is 4.38. The molecular formula is C19H21N3O2. The van der Waals surface area contributed by atoms with Gasteiger partial charge in [0.2, 0.25) is 0 Å². The van der Waals surface area contributed by atoms with E-state index in [9.17, 15) is 4.79 Å². The van der Waals surface area contributed by atoms with Crippen molar-refractivity contribution in [2.45, 2.75) is 26.8 Å². The van der Waals surface area contributed by atoms with Gasteiger partial charge in [-0.1, -0.05) is 19.1 Å². The van der Waals surface area contributed by atoms with Crippen LogP contribution in [0.25, 0.3) is 5.65 Å². The van der Waals surface area contributed by atoms with Crippen molar-refractivity contribution < 1.29 is 9.53 Å². The molecule has 0 unspecified atom stereocenters. The summed E-state index contributed by atoms with van der Waals surface area (Å²) in [4.78, 5) is 17.3. The highest BCUT2D eigenvalue weighted by molar-refractivity contribution is 5.94. The molecule has 0 aliphatic carbocycles. The van der Waals surface area contributed by atoms with Crippen LogP contribution >= 0.6 is 0 Å². The number of rotatable bonds is 5. The van der Waals surface area contributed by atoms with E-state index in [-0.39, 0.29) is 5.91 Å². The number of nitrogens with zero attached hydrogens (tertiary/aromatic N) is 2. The lowest BCUT2D eigenvalue weighted by atomic mass is 10.2. The summed E-state index contributed by atoms with van der Waals surface area (Å²) in [5.74, 6) is 0.689. The fourth-order valence-electron chi connectivity index (χ4n) is 2.69. The van der Waals surface area contributed by atoms with Gasteiger partial charge in [0.25, 0.3) is 5.91 Å². The SMILES string of the molecule is CCc1nc2cc(C)ccn2c1C(=O)NCc1ccc(OC)cc1. The van der Waals surface area contributed by atoms with Gasteiger partial charge in [-0.3, -0.25) is 9.20 Å². The average molecular weight is 323 g/mol. The van der Waals surface area contributed by atoms with Crippen LogP contribution in [0.1, 0.15) is 34.2 Å². The number of aryl methyl sites for hydroxylation is 2. The van der Waals surface area contributed by atoms with Gasteiger partial charge in [0.05, 0.1) is 12.8 Å². The molecule has 0 bridgehead atoms.